The fourth-order valence-electron chi connectivity index (χ4n) is 4.16. The fraction of sp³-hybridized carbons (Fsp3) is 0.296. The smallest absolute Gasteiger partial charge is 0.261 e. The van der Waals surface area contributed by atoms with Crippen LogP contribution in [0.5, 0.6) is 5.75 Å². The molecule has 0 atom stereocenters. The van der Waals surface area contributed by atoms with Crippen LogP contribution in [0.1, 0.15) is 24.0 Å². The number of benzene rings is 3. The number of amides is 1. The van der Waals surface area contributed by atoms with E-state index in [4.69, 9.17) is 16.3 Å². The molecule has 1 heterocycles. The van der Waals surface area contributed by atoms with Crippen LogP contribution in [0.15, 0.2) is 77.7 Å². The Balaban J connectivity index is 1.26. The molecule has 3 aromatic rings. The van der Waals surface area contributed by atoms with Gasteiger partial charge in [-0.3, -0.25) is 9.52 Å². The van der Waals surface area contributed by atoms with Crippen molar-refractivity contribution < 1.29 is 17.9 Å². The van der Waals surface area contributed by atoms with Gasteiger partial charge in [-0.1, -0.05) is 48.0 Å². The van der Waals surface area contributed by atoms with Gasteiger partial charge in [0.15, 0.2) is 6.61 Å². The number of carbonyl (C=O) groups excluding carboxylic acids is 1. The summed E-state index contributed by atoms with van der Waals surface area (Å²) >= 11 is 6.08. The Morgan fingerprint density at radius 2 is 1.71 bits per heavy atom. The molecule has 1 N–H and O–H groups in total. The Kier molecular flexibility index (Phi) is 7.98. The zero-order valence-electron chi connectivity index (χ0n) is 19.6. The highest BCUT2D eigenvalue weighted by atomic mass is 35.5. The van der Waals surface area contributed by atoms with E-state index >= 15 is 0 Å². The lowest BCUT2D eigenvalue weighted by atomic mass is 9.90. The number of rotatable bonds is 8. The van der Waals surface area contributed by atoms with Crippen LogP contribution < -0.4 is 9.46 Å². The highest BCUT2D eigenvalue weighted by Gasteiger charge is 2.23. The molecule has 0 spiro atoms. The van der Waals surface area contributed by atoms with Gasteiger partial charge in [0.05, 0.1) is 10.6 Å². The number of hydrogen-bond acceptors (Lipinski definition) is 4. The van der Waals surface area contributed by atoms with Crippen molar-refractivity contribution in [2.75, 3.05) is 24.4 Å². The van der Waals surface area contributed by atoms with Crippen molar-refractivity contribution in [3.05, 3.63) is 88.9 Å². The van der Waals surface area contributed by atoms with E-state index in [-0.39, 0.29) is 17.4 Å². The number of halogens is 1. The monoisotopic (exact) mass is 512 g/mol. The third-order valence-corrected chi connectivity index (χ3v) is 8.06. The minimum atomic E-state index is -3.78. The fourth-order valence-corrected chi connectivity index (χ4v) is 5.39. The largest absolute Gasteiger partial charge is 0.484 e. The van der Waals surface area contributed by atoms with Gasteiger partial charge in [0.2, 0.25) is 0 Å². The summed E-state index contributed by atoms with van der Waals surface area (Å²) in [5.41, 5.74) is 2.59. The summed E-state index contributed by atoms with van der Waals surface area (Å²) in [6, 6.07) is 21.4. The van der Waals surface area contributed by atoms with Crippen molar-refractivity contribution in [3.8, 4) is 5.75 Å². The predicted octanol–water partition coefficient (Wildman–Crippen LogP) is 5.31. The Morgan fingerprint density at radius 1 is 1.03 bits per heavy atom. The summed E-state index contributed by atoms with van der Waals surface area (Å²) in [5, 5.41) is 0.485. The second-order valence-electron chi connectivity index (χ2n) is 8.84. The third-order valence-electron chi connectivity index (χ3n) is 6.25. The number of ether oxygens (including phenoxy) is 1. The van der Waals surface area contributed by atoms with E-state index in [1.807, 2.05) is 17.9 Å². The Bertz CT molecular complexity index is 1260. The van der Waals surface area contributed by atoms with Crippen molar-refractivity contribution >= 4 is 33.2 Å². The number of likely N-dealkylation sites (tertiary alicyclic amines) is 1. The molecule has 0 radical (unpaired) electrons. The first kappa shape index (κ1) is 25.1. The molecule has 0 saturated carbocycles. The molecule has 1 fully saturated rings. The number of nitrogens with zero attached hydrogens (tertiary/aromatic N) is 1. The van der Waals surface area contributed by atoms with Crippen LogP contribution in [-0.2, 0) is 21.2 Å². The minimum Gasteiger partial charge on any atom is -0.484 e. The van der Waals surface area contributed by atoms with E-state index in [1.54, 1.807) is 30.3 Å². The van der Waals surface area contributed by atoms with Gasteiger partial charge < -0.3 is 9.64 Å². The quantitative estimate of drug-likeness (QED) is 0.444. The average molecular weight is 513 g/mol. The molecule has 4 rings (SSSR count). The summed E-state index contributed by atoms with van der Waals surface area (Å²) < 4.78 is 33.5. The molecular formula is C27H29ClN2O4S. The first-order valence-electron chi connectivity index (χ1n) is 11.6. The molecule has 184 valence electrons. The van der Waals surface area contributed by atoms with Crippen LogP contribution in [-0.4, -0.2) is 38.9 Å². The first-order chi connectivity index (χ1) is 16.8. The number of carbonyl (C=O) groups is 1. The number of nitrogens with one attached hydrogen (secondary N) is 1. The zero-order valence-corrected chi connectivity index (χ0v) is 21.2. The van der Waals surface area contributed by atoms with Crippen LogP contribution in [0.3, 0.4) is 0 Å². The Morgan fingerprint density at radius 3 is 2.37 bits per heavy atom. The summed E-state index contributed by atoms with van der Waals surface area (Å²) in [7, 11) is -3.78. The zero-order chi connectivity index (χ0) is 24.8. The van der Waals surface area contributed by atoms with Crippen LogP contribution in [0.4, 0.5) is 5.69 Å². The molecule has 1 aliphatic rings. The third kappa shape index (κ3) is 6.77. The summed E-state index contributed by atoms with van der Waals surface area (Å²) in [5.74, 6) is 0.967. The second kappa shape index (κ2) is 11.1. The van der Waals surface area contributed by atoms with E-state index in [0.29, 0.717) is 22.4 Å². The van der Waals surface area contributed by atoms with Crippen LogP contribution >= 0.6 is 11.6 Å². The maximum atomic E-state index is 12.7. The summed E-state index contributed by atoms with van der Waals surface area (Å²) in [6.45, 7) is 3.23. The summed E-state index contributed by atoms with van der Waals surface area (Å²) in [6.07, 6.45) is 3.00. The van der Waals surface area contributed by atoms with Crippen LogP contribution in [0.25, 0.3) is 0 Å². The van der Waals surface area contributed by atoms with Crippen molar-refractivity contribution in [1.29, 1.82) is 0 Å². The molecule has 0 bridgehead atoms. The molecule has 8 heteroatoms. The molecule has 35 heavy (non-hydrogen) atoms. The standard InChI is InChI=1S/C27H29ClN2O4S/c1-20-7-8-23(18-26(20)28)29-35(32,33)25-11-9-24(10-12-25)34-19-27(31)30-15-13-22(14-16-30)17-21-5-3-2-4-6-21/h2-12,18,22,29H,13-17,19H2,1H3. The molecule has 3 aromatic carbocycles. The van der Waals surface area contributed by atoms with E-state index in [1.165, 1.54) is 17.7 Å². The van der Waals surface area contributed by atoms with Gasteiger partial charge in [-0.2, -0.15) is 0 Å². The van der Waals surface area contributed by atoms with Gasteiger partial charge in [0.25, 0.3) is 15.9 Å². The van der Waals surface area contributed by atoms with E-state index < -0.39 is 10.0 Å². The maximum absolute atomic E-state index is 12.7. The van der Waals surface area contributed by atoms with Crippen LogP contribution in [0.2, 0.25) is 5.02 Å². The van der Waals surface area contributed by atoms with Crippen molar-refractivity contribution in [3.63, 3.8) is 0 Å². The molecule has 1 saturated heterocycles. The molecule has 0 aliphatic carbocycles. The van der Waals surface area contributed by atoms with Crippen molar-refractivity contribution in [2.24, 2.45) is 5.92 Å². The maximum Gasteiger partial charge on any atom is 0.261 e. The highest BCUT2D eigenvalue weighted by Crippen LogP contribution is 2.24. The lowest BCUT2D eigenvalue weighted by Crippen LogP contribution is -2.41. The minimum absolute atomic E-state index is 0.0576. The van der Waals surface area contributed by atoms with Crippen molar-refractivity contribution in [2.45, 2.75) is 31.1 Å². The van der Waals surface area contributed by atoms with Gasteiger partial charge >= 0.3 is 0 Å². The van der Waals surface area contributed by atoms with Gasteiger partial charge in [-0.05, 0) is 79.6 Å². The predicted molar refractivity (Wildman–Crippen MR) is 138 cm³/mol. The topological polar surface area (TPSA) is 75.7 Å². The first-order valence-corrected chi connectivity index (χ1v) is 13.5. The van der Waals surface area contributed by atoms with Gasteiger partial charge in [-0.25, -0.2) is 8.42 Å². The van der Waals surface area contributed by atoms with Crippen molar-refractivity contribution in [1.82, 2.24) is 4.90 Å². The van der Waals surface area contributed by atoms with E-state index in [9.17, 15) is 13.2 Å². The summed E-state index contributed by atoms with van der Waals surface area (Å²) in [4.78, 5) is 14.5. The number of aryl methyl sites for hydroxylation is 1. The lowest BCUT2D eigenvalue weighted by molar-refractivity contribution is -0.134. The Labute approximate surface area is 211 Å². The van der Waals surface area contributed by atoms with Gasteiger partial charge in [0.1, 0.15) is 5.75 Å². The van der Waals surface area contributed by atoms with E-state index in [2.05, 4.69) is 29.0 Å². The number of sulfonamides is 1. The van der Waals surface area contributed by atoms with Crippen LogP contribution in [0, 0.1) is 12.8 Å². The normalized spacial score (nSPS) is 14.5. The molecule has 1 amide bonds. The van der Waals surface area contributed by atoms with Gasteiger partial charge in [0, 0.05) is 18.1 Å². The lowest BCUT2D eigenvalue weighted by Gasteiger charge is -2.32. The number of piperidine rings is 1. The molecular weight excluding hydrogens is 484 g/mol. The Hall–Kier alpha value is -3.03. The highest BCUT2D eigenvalue weighted by molar-refractivity contribution is 7.92. The SMILES string of the molecule is Cc1ccc(NS(=O)(=O)c2ccc(OCC(=O)N3CCC(Cc4ccccc4)CC3)cc2)cc1Cl. The molecule has 0 aromatic heterocycles. The van der Waals surface area contributed by atoms with E-state index in [0.717, 1.165) is 37.9 Å². The number of hydrogen-bond donors (Lipinski definition) is 1. The number of anilines is 1. The second-order valence-corrected chi connectivity index (χ2v) is 10.9. The average Bonchev–Trinajstić information content (AvgIpc) is 2.86. The molecule has 0 unspecified atom stereocenters. The van der Waals surface area contributed by atoms with Gasteiger partial charge in [-0.15, -0.1) is 0 Å². The molecule has 1 aliphatic heterocycles. The molecule has 6 nitrogen and oxygen atoms in total.